The zero-order chi connectivity index (χ0) is 19.3. The molecule has 0 bridgehead atoms. The Hall–Kier alpha value is -3.15. The van der Waals surface area contributed by atoms with E-state index in [1.165, 1.54) is 17.8 Å². The molecule has 4 rings (SSSR count). The van der Waals surface area contributed by atoms with Crippen LogP contribution in [0.3, 0.4) is 0 Å². The molecule has 0 radical (unpaired) electrons. The molecule has 0 saturated carbocycles. The smallest absolute Gasteiger partial charge is 0.228 e. The van der Waals surface area contributed by atoms with Crippen molar-refractivity contribution in [1.29, 1.82) is 0 Å². The Labute approximate surface area is 164 Å². The third-order valence-corrected chi connectivity index (χ3v) is 4.78. The average molecular weight is 378 g/mol. The number of rotatable bonds is 5. The molecule has 2 aromatic carbocycles. The van der Waals surface area contributed by atoms with Gasteiger partial charge in [-0.3, -0.25) is 0 Å². The van der Waals surface area contributed by atoms with Gasteiger partial charge in [-0.1, -0.05) is 30.3 Å². The van der Waals surface area contributed by atoms with Crippen molar-refractivity contribution in [3.8, 4) is 5.88 Å². The van der Waals surface area contributed by atoms with Gasteiger partial charge in [0.05, 0.1) is 0 Å². The van der Waals surface area contributed by atoms with Crippen molar-refractivity contribution in [2.75, 3.05) is 36.0 Å². The molecule has 1 fully saturated rings. The normalized spacial score (nSPS) is 14.2. The van der Waals surface area contributed by atoms with Gasteiger partial charge in [0.15, 0.2) is 0 Å². The second-order valence-corrected chi connectivity index (χ2v) is 6.88. The summed E-state index contributed by atoms with van der Waals surface area (Å²) in [5.74, 6) is 0.927. The summed E-state index contributed by atoms with van der Waals surface area (Å²) in [6.45, 7) is 5.74. The minimum Gasteiger partial charge on any atom is -0.473 e. The van der Waals surface area contributed by atoms with E-state index in [9.17, 15) is 4.39 Å². The number of nitrogens with zero attached hydrogens (tertiary/aromatic N) is 4. The molecule has 1 aromatic heterocycles. The Morgan fingerprint density at radius 2 is 1.64 bits per heavy atom. The molecule has 0 spiro atoms. The largest absolute Gasteiger partial charge is 0.473 e. The summed E-state index contributed by atoms with van der Waals surface area (Å²) >= 11 is 0. The third-order valence-electron chi connectivity index (χ3n) is 4.78. The summed E-state index contributed by atoms with van der Waals surface area (Å²) in [4.78, 5) is 13.7. The van der Waals surface area contributed by atoms with Gasteiger partial charge in [-0.05, 0) is 36.8 Å². The predicted molar refractivity (Wildman–Crippen MR) is 108 cm³/mol. The number of hydrogen-bond acceptors (Lipinski definition) is 5. The molecule has 3 aromatic rings. The molecule has 0 atom stereocenters. The number of ether oxygens (including phenoxy) is 1. The Morgan fingerprint density at radius 1 is 0.893 bits per heavy atom. The lowest BCUT2D eigenvalue weighted by atomic mass is 10.2. The van der Waals surface area contributed by atoms with Crippen LogP contribution >= 0.6 is 0 Å². The Balaban J connectivity index is 1.41. The maximum Gasteiger partial charge on any atom is 0.228 e. The molecule has 1 saturated heterocycles. The van der Waals surface area contributed by atoms with Gasteiger partial charge in [-0.25, -0.2) is 9.37 Å². The predicted octanol–water partition coefficient (Wildman–Crippen LogP) is 3.83. The molecule has 0 N–H and O–H groups in total. The third kappa shape index (κ3) is 4.39. The first-order valence-electron chi connectivity index (χ1n) is 9.45. The van der Waals surface area contributed by atoms with E-state index in [0.717, 1.165) is 37.4 Å². The second kappa shape index (κ2) is 8.25. The molecule has 6 heteroatoms. The lowest BCUT2D eigenvalue weighted by molar-refractivity contribution is 0.292. The van der Waals surface area contributed by atoms with E-state index in [2.05, 4.69) is 44.0 Å². The van der Waals surface area contributed by atoms with E-state index in [1.54, 1.807) is 6.07 Å². The van der Waals surface area contributed by atoms with Gasteiger partial charge in [0.2, 0.25) is 11.8 Å². The van der Waals surface area contributed by atoms with Gasteiger partial charge in [0.25, 0.3) is 0 Å². The summed E-state index contributed by atoms with van der Waals surface area (Å²) in [5.41, 5.74) is 2.87. The Morgan fingerprint density at radius 3 is 2.39 bits per heavy atom. The zero-order valence-electron chi connectivity index (χ0n) is 15.9. The molecule has 1 aliphatic rings. The van der Waals surface area contributed by atoms with Crippen molar-refractivity contribution in [1.82, 2.24) is 9.97 Å². The van der Waals surface area contributed by atoms with Gasteiger partial charge < -0.3 is 14.5 Å². The highest BCUT2D eigenvalue weighted by molar-refractivity contribution is 5.48. The molecular weight excluding hydrogens is 355 g/mol. The lowest BCUT2D eigenvalue weighted by Crippen LogP contribution is -2.47. The van der Waals surface area contributed by atoms with Crippen molar-refractivity contribution < 1.29 is 9.13 Å². The number of aromatic nitrogens is 2. The van der Waals surface area contributed by atoms with Crippen molar-refractivity contribution in [2.24, 2.45) is 0 Å². The fraction of sp³-hybridized carbons (Fsp3) is 0.273. The molecule has 0 unspecified atom stereocenters. The van der Waals surface area contributed by atoms with Crippen LogP contribution in [-0.4, -0.2) is 36.1 Å². The van der Waals surface area contributed by atoms with E-state index >= 15 is 0 Å². The molecule has 28 heavy (non-hydrogen) atoms. The standard InChI is InChI=1S/C22H23FN4O/c1-17-14-21(28-16-18-6-5-7-19(23)15-18)25-22(24-17)27-12-10-26(11-13-27)20-8-3-2-4-9-20/h2-9,14-15H,10-13,16H2,1H3. The topological polar surface area (TPSA) is 41.5 Å². The van der Waals surface area contributed by atoms with Crippen LogP contribution in [0.5, 0.6) is 5.88 Å². The van der Waals surface area contributed by atoms with E-state index in [0.29, 0.717) is 11.8 Å². The molecular formula is C22H23FN4O. The number of benzene rings is 2. The zero-order valence-corrected chi connectivity index (χ0v) is 15.9. The number of piperazine rings is 1. The SMILES string of the molecule is Cc1cc(OCc2cccc(F)c2)nc(N2CCN(c3ccccc3)CC2)n1. The van der Waals surface area contributed by atoms with Crippen molar-refractivity contribution in [3.63, 3.8) is 0 Å². The maximum atomic E-state index is 13.3. The van der Waals surface area contributed by atoms with Gasteiger partial charge in [0.1, 0.15) is 12.4 Å². The number of hydrogen-bond donors (Lipinski definition) is 0. The Kier molecular flexibility index (Phi) is 5.37. The first kappa shape index (κ1) is 18.2. The summed E-state index contributed by atoms with van der Waals surface area (Å²) < 4.78 is 19.1. The molecule has 144 valence electrons. The lowest BCUT2D eigenvalue weighted by Gasteiger charge is -2.36. The first-order valence-corrected chi connectivity index (χ1v) is 9.45. The van der Waals surface area contributed by atoms with Crippen LogP contribution in [0.15, 0.2) is 60.7 Å². The maximum absolute atomic E-state index is 13.3. The average Bonchev–Trinajstić information content (AvgIpc) is 2.73. The van der Waals surface area contributed by atoms with Crippen LogP contribution < -0.4 is 14.5 Å². The summed E-state index contributed by atoms with van der Waals surface area (Å²) in [6.07, 6.45) is 0. The van der Waals surface area contributed by atoms with Crippen LogP contribution in [0, 0.1) is 12.7 Å². The highest BCUT2D eigenvalue weighted by Gasteiger charge is 2.20. The molecule has 2 heterocycles. The van der Waals surface area contributed by atoms with Crippen LogP contribution in [0.1, 0.15) is 11.3 Å². The monoisotopic (exact) mass is 378 g/mol. The molecule has 0 amide bonds. The molecule has 5 nitrogen and oxygen atoms in total. The minimum absolute atomic E-state index is 0.267. The number of para-hydroxylation sites is 1. The van der Waals surface area contributed by atoms with Gasteiger partial charge >= 0.3 is 0 Å². The first-order chi connectivity index (χ1) is 13.7. The number of anilines is 2. The highest BCUT2D eigenvalue weighted by Crippen LogP contribution is 2.21. The quantitative estimate of drug-likeness (QED) is 0.675. The van der Waals surface area contributed by atoms with E-state index < -0.39 is 0 Å². The van der Waals surface area contributed by atoms with Crippen molar-refractivity contribution in [2.45, 2.75) is 13.5 Å². The fourth-order valence-corrected chi connectivity index (χ4v) is 3.33. The van der Waals surface area contributed by atoms with Gasteiger partial charge in [-0.2, -0.15) is 4.98 Å². The van der Waals surface area contributed by atoms with Crippen LogP contribution in [0.4, 0.5) is 16.0 Å². The van der Waals surface area contributed by atoms with Crippen molar-refractivity contribution >= 4 is 11.6 Å². The fourth-order valence-electron chi connectivity index (χ4n) is 3.33. The van der Waals surface area contributed by atoms with Gasteiger partial charge in [-0.15, -0.1) is 0 Å². The summed E-state index contributed by atoms with van der Waals surface area (Å²) in [5, 5.41) is 0. The molecule has 1 aliphatic heterocycles. The van der Waals surface area contributed by atoms with E-state index in [4.69, 9.17) is 4.74 Å². The summed E-state index contributed by atoms with van der Waals surface area (Å²) in [7, 11) is 0. The van der Waals surface area contributed by atoms with Crippen LogP contribution in [-0.2, 0) is 6.61 Å². The molecule has 0 aliphatic carbocycles. The van der Waals surface area contributed by atoms with Crippen LogP contribution in [0.25, 0.3) is 0 Å². The summed E-state index contributed by atoms with van der Waals surface area (Å²) in [6, 6.07) is 18.6. The number of halogens is 1. The second-order valence-electron chi connectivity index (χ2n) is 6.88. The minimum atomic E-state index is -0.267. The van der Waals surface area contributed by atoms with E-state index in [-0.39, 0.29) is 12.4 Å². The number of aryl methyl sites for hydroxylation is 1. The Bertz CT molecular complexity index is 927. The van der Waals surface area contributed by atoms with E-state index in [1.807, 2.05) is 25.1 Å². The highest BCUT2D eigenvalue weighted by atomic mass is 19.1. The van der Waals surface area contributed by atoms with Gasteiger partial charge in [0, 0.05) is 43.6 Å². The van der Waals surface area contributed by atoms with Crippen molar-refractivity contribution in [3.05, 3.63) is 77.7 Å². The van der Waals surface area contributed by atoms with Crippen LogP contribution in [0.2, 0.25) is 0 Å².